The molecule has 0 aliphatic carbocycles. The molecule has 0 radical (unpaired) electrons. The molecular weight excluding hydrogens is 246 g/mol. The maximum Gasteiger partial charge on any atom is 0.278 e. The van der Waals surface area contributed by atoms with E-state index in [2.05, 4.69) is 5.48 Å². The molecule has 1 N–H and O–H groups in total. The van der Waals surface area contributed by atoms with Crippen LogP contribution >= 0.6 is 0 Å². The largest absolute Gasteiger partial charge is 0.496 e. The number of nitrogens with one attached hydrogen (secondary N) is 1. The summed E-state index contributed by atoms with van der Waals surface area (Å²) in [7, 11) is 1.54. The SMILES string of the molecule is COc1cc(C)ccc1C(=O)NOC1CCCCO1. The van der Waals surface area contributed by atoms with Gasteiger partial charge in [0.25, 0.3) is 5.91 Å². The fourth-order valence-corrected chi connectivity index (χ4v) is 1.96. The van der Waals surface area contributed by atoms with Gasteiger partial charge in [-0.3, -0.25) is 4.79 Å². The van der Waals surface area contributed by atoms with E-state index in [4.69, 9.17) is 14.3 Å². The zero-order valence-corrected chi connectivity index (χ0v) is 11.3. The van der Waals surface area contributed by atoms with Crippen LogP contribution in [0.4, 0.5) is 0 Å². The maximum atomic E-state index is 12.0. The number of hydrogen-bond donors (Lipinski definition) is 1. The summed E-state index contributed by atoms with van der Waals surface area (Å²) in [4.78, 5) is 17.3. The van der Waals surface area contributed by atoms with Gasteiger partial charge in [0, 0.05) is 13.0 Å². The van der Waals surface area contributed by atoms with Gasteiger partial charge in [0.05, 0.1) is 12.7 Å². The quantitative estimate of drug-likeness (QED) is 0.848. The van der Waals surface area contributed by atoms with E-state index < -0.39 is 0 Å². The number of amides is 1. The lowest BCUT2D eigenvalue weighted by Gasteiger charge is -2.22. The summed E-state index contributed by atoms with van der Waals surface area (Å²) >= 11 is 0. The number of hydroxylamine groups is 1. The number of methoxy groups -OCH3 is 1. The van der Waals surface area contributed by atoms with Gasteiger partial charge in [0.15, 0.2) is 6.29 Å². The van der Waals surface area contributed by atoms with E-state index in [1.165, 1.54) is 7.11 Å². The Morgan fingerprint density at radius 1 is 1.42 bits per heavy atom. The van der Waals surface area contributed by atoms with E-state index in [1.807, 2.05) is 19.1 Å². The average molecular weight is 265 g/mol. The van der Waals surface area contributed by atoms with Gasteiger partial charge in [0.2, 0.25) is 0 Å². The first-order chi connectivity index (χ1) is 9.20. The number of carbonyl (C=O) groups is 1. The van der Waals surface area contributed by atoms with Gasteiger partial charge in [-0.25, -0.2) is 10.3 Å². The molecule has 1 saturated heterocycles. The third-order valence-corrected chi connectivity index (χ3v) is 3.02. The molecule has 5 nitrogen and oxygen atoms in total. The van der Waals surface area contributed by atoms with Crippen LogP contribution in [0.15, 0.2) is 18.2 Å². The molecule has 0 saturated carbocycles. The standard InChI is InChI=1S/C14H19NO4/c1-10-6-7-11(12(9-10)17-2)14(16)15-19-13-5-3-4-8-18-13/h6-7,9,13H,3-5,8H2,1-2H3,(H,15,16). The Morgan fingerprint density at radius 3 is 2.95 bits per heavy atom. The molecular formula is C14H19NO4. The van der Waals surface area contributed by atoms with Crippen LogP contribution in [0, 0.1) is 6.92 Å². The second-order valence-corrected chi connectivity index (χ2v) is 4.55. The number of carbonyl (C=O) groups excluding carboxylic acids is 1. The summed E-state index contributed by atoms with van der Waals surface area (Å²) in [5.74, 6) is 0.205. The summed E-state index contributed by atoms with van der Waals surface area (Å²) < 4.78 is 10.6. The molecule has 0 spiro atoms. The zero-order chi connectivity index (χ0) is 13.7. The van der Waals surface area contributed by atoms with Crippen molar-refractivity contribution >= 4 is 5.91 Å². The molecule has 5 heteroatoms. The van der Waals surface area contributed by atoms with Crippen molar-refractivity contribution in [2.45, 2.75) is 32.5 Å². The van der Waals surface area contributed by atoms with Crippen LogP contribution in [0.2, 0.25) is 0 Å². The average Bonchev–Trinajstić information content (AvgIpc) is 2.45. The van der Waals surface area contributed by atoms with Crippen molar-refractivity contribution in [2.75, 3.05) is 13.7 Å². The van der Waals surface area contributed by atoms with Gasteiger partial charge in [-0.1, -0.05) is 6.07 Å². The Kier molecular flexibility index (Phi) is 4.76. The predicted molar refractivity (Wildman–Crippen MR) is 69.9 cm³/mol. The lowest BCUT2D eigenvalue weighted by atomic mass is 10.1. The molecule has 1 heterocycles. The van der Waals surface area contributed by atoms with Crippen LogP contribution < -0.4 is 10.2 Å². The van der Waals surface area contributed by atoms with Crippen molar-refractivity contribution in [2.24, 2.45) is 0 Å². The highest BCUT2D eigenvalue weighted by atomic mass is 16.8. The molecule has 1 amide bonds. The Balaban J connectivity index is 1.95. The number of benzene rings is 1. The first kappa shape index (κ1) is 13.8. The second-order valence-electron chi connectivity index (χ2n) is 4.55. The Labute approximate surface area is 112 Å². The van der Waals surface area contributed by atoms with Crippen molar-refractivity contribution in [3.63, 3.8) is 0 Å². The van der Waals surface area contributed by atoms with Crippen LogP contribution in [0.1, 0.15) is 35.2 Å². The topological polar surface area (TPSA) is 56.8 Å². The summed E-state index contributed by atoms with van der Waals surface area (Å²) in [5.41, 5.74) is 3.90. The molecule has 2 rings (SSSR count). The van der Waals surface area contributed by atoms with Crippen molar-refractivity contribution in [1.82, 2.24) is 5.48 Å². The minimum absolute atomic E-state index is 0.328. The molecule has 19 heavy (non-hydrogen) atoms. The van der Waals surface area contributed by atoms with E-state index in [1.54, 1.807) is 6.07 Å². The molecule has 1 atom stereocenters. The molecule has 1 fully saturated rings. The highest BCUT2D eigenvalue weighted by molar-refractivity contribution is 5.96. The lowest BCUT2D eigenvalue weighted by molar-refractivity contribution is -0.186. The van der Waals surface area contributed by atoms with Crippen LogP contribution in [0.3, 0.4) is 0 Å². The highest BCUT2D eigenvalue weighted by Gasteiger charge is 2.18. The molecule has 1 aliphatic rings. The maximum absolute atomic E-state index is 12.0. The zero-order valence-electron chi connectivity index (χ0n) is 11.3. The number of aryl methyl sites for hydroxylation is 1. The Morgan fingerprint density at radius 2 is 2.26 bits per heavy atom. The third kappa shape index (κ3) is 3.68. The minimum atomic E-state index is -0.353. The highest BCUT2D eigenvalue weighted by Crippen LogP contribution is 2.20. The van der Waals surface area contributed by atoms with Crippen molar-refractivity contribution in [3.05, 3.63) is 29.3 Å². The monoisotopic (exact) mass is 265 g/mol. The Bertz CT molecular complexity index is 441. The van der Waals surface area contributed by atoms with Gasteiger partial charge in [-0.15, -0.1) is 0 Å². The van der Waals surface area contributed by atoms with Crippen LogP contribution in [-0.4, -0.2) is 25.9 Å². The summed E-state index contributed by atoms with van der Waals surface area (Å²) in [5, 5.41) is 0. The first-order valence-corrected chi connectivity index (χ1v) is 6.43. The van der Waals surface area contributed by atoms with E-state index >= 15 is 0 Å². The van der Waals surface area contributed by atoms with Crippen molar-refractivity contribution in [1.29, 1.82) is 0 Å². The van der Waals surface area contributed by atoms with Crippen LogP contribution in [-0.2, 0) is 9.57 Å². The van der Waals surface area contributed by atoms with Gasteiger partial charge in [0.1, 0.15) is 5.75 Å². The molecule has 1 aromatic carbocycles. The van der Waals surface area contributed by atoms with Gasteiger partial charge in [-0.05, 0) is 37.5 Å². The molecule has 0 bridgehead atoms. The summed E-state index contributed by atoms with van der Waals surface area (Å²) in [6.07, 6.45) is 2.54. The van der Waals surface area contributed by atoms with E-state index in [0.29, 0.717) is 17.9 Å². The van der Waals surface area contributed by atoms with E-state index in [-0.39, 0.29) is 12.2 Å². The smallest absolute Gasteiger partial charge is 0.278 e. The van der Waals surface area contributed by atoms with Crippen molar-refractivity contribution < 1.29 is 19.1 Å². The van der Waals surface area contributed by atoms with Crippen LogP contribution in [0.5, 0.6) is 5.75 Å². The third-order valence-electron chi connectivity index (χ3n) is 3.02. The molecule has 104 valence electrons. The molecule has 1 aliphatic heterocycles. The molecule has 1 aromatic rings. The molecule has 1 unspecified atom stereocenters. The lowest BCUT2D eigenvalue weighted by Crippen LogP contribution is -2.33. The van der Waals surface area contributed by atoms with Crippen molar-refractivity contribution in [3.8, 4) is 5.75 Å². The number of hydrogen-bond acceptors (Lipinski definition) is 4. The van der Waals surface area contributed by atoms with E-state index in [9.17, 15) is 4.79 Å². The number of ether oxygens (including phenoxy) is 2. The second kappa shape index (κ2) is 6.54. The Hall–Kier alpha value is -1.59. The van der Waals surface area contributed by atoms with E-state index in [0.717, 1.165) is 24.8 Å². The minimum Gasteiger partial charge on any atom is -0.496 e. The molecule has 0 aromatic heterocycles. The van der Waals surface area contributed by atoms with Gasteiger partial charge < -0.3 is 9.47 Å². The first-order valence-electron chi connectivity index (χ1n) is 6.43. The fraction of sp³-hybridized carbons (Fsp3) is 0.500. The normalized spacial score (nSPS) is 18.9. The fourth-order valence-electron chi connectivity index (χ4n) is 1.96. The summed E-state index contributed by atoms with van der Waals surface area (Å²) in [6, 6.07) is 5.38. The van der Waals surface area contributed by atoms with Gasteiger partial charge in [-0.2, -0.15) is 0 Å². The van der Waals surface area contributed by atoms with Crippen LogP contribution in [0.25, 0.3) is 0 Å². The summed E-state index contributed by atoms with van der Waals surface area (Å²) in [6.45, 7) is 2.62. The van der Waals surface area contributed by atoms with Gasteiger partial charge >= 0.3 is 0 Å². The predicted octanol–water partition coefficient (Wildman–Crippen LogP) is 2.19. The number of rotatable bonds is 4.